The molecular formula is C9H12N3S2+. The fourth-order valence-electron chi connectivity index (χ4n) is 0.704. The van der Waals surface area contributed by atoms with Crippen LogP contribution in [0.5, 0.6) is 0 Å². The molecule has 0 saturated heterocycles. The number of nitrogens with zero attached hydrogens (tertiary/aromatic N) is 1. The van der Waals surface area contributed by atoms with Gasteiger partial charge in [0.25, 0.3) is 0 Å². The molecule has 5 heteroatoms. The van der Waals surface area contributed by atoms with Crippen LogP contribution in [-0.4, -0.2) is 17.1 Å². The van der Waals surface area contributed by atoms with E-state index in [1.165, 1.54) is 11.8 Å². The van der Waals surface area contributed by atoms with Crippen LogP contribution in [-0.2, 0) is 0 Å². The molecule has 0 atom stereocenters. The van der Waals surface area contributed by atoms with Gasteiger partial charge in [0.2, 0.25) is 11.4 Å². The number of hydrogen-bond acceptors (Lipinski definition) is 3. The van der Waals surface area contributed by atoms with Crippen LogP contribution in [0.1, 0.15) is 5.56 Å². The molecule has 0 spiro atoms. The lowest BCUT2D eigenvalue weighted by atomic mass is 10.4. The minimum absolute atomic E-state index is 0.511. The minimum Gasteiger partial charge on any atom is -0.373 e. The van der Waals surface area contributed by atoms with Crippen molar-refractivity contribution in [2.24, 2.45) is 10.8 Å². The van der Waals surface area contributed by atoms with Crippen molar-refractivity contribution in [3.8, 4) is 0 Å². The molecule has 1 aromatic heterocycles. The van der Waals surface area contributed by atoms with E-state index in [1.54, 1.807) is 23.6 Å². The van der Waals surface area contributed by atoms with Crippen molar-refractivity contribution in [1.82, 2.24) is 0 Å². The van der Waals surface area contributed by atoms with E-state index in [4.69, 9.17) is 5.73 Å². The summed E-state index contributed by atoms with van der Waals surface area (Å²) in [6.07, 6.45) is 3.59. The maximum Gasteiger partial charge on any atom is 0.226 e. The van der Waals surface area contributed by atoms with Crippen molar-refractivity contribution < 1.29 is 5.10 Å². The van der Waals surface area contributed by atoms with Crippen LogP contribution in [0.2, 0.25) is 0 Å². The predicted octanol–water partition coefficient (Wildman–Crippen LogP) is 0.397. The number of thioether (sulfide) groups is 1. The fraction of sp³-hybridized carbons (Fsp3) is 0.111. The average molecular weight is 226 g/mol. The van der Waals surface area contributed by atoms with Crippen LogP contribution in [0.4, 0.5) is 0 Å². The van der Waals surface area contributed by atoms with E-state index in [9.17, 15) is 0 Å². The van der Waals surface area contributed by atoms with Crippen LogP contribution in [0.15, 0.2) is 34.6 Å². The summed E-state index contributed by atoms with van der Waals surface area (Å²) in [5, 5.41) is 11.3. The van der Waals surface area contributed by atoms with Gasteiger partial charge >= 0.3 is 0 Å². The number of nitrogens with one attached hydrogen (secondary N) is 1. The van der Waals surface area contributed by atoms with E-state index in [0.717, 1.165) is 11.3 Å². The number of hydrazone groups is 1. The van der Waals surface area contributed by atoms with Gasteiger partial charge in [-0.05, 0) is 11.4 Å². The minimum atomic E-state index is 0.511. The first-order chi connectivity index (χ1) is 6.83. The molecule has 0 bridgehead atoms. The molecule has 0 fully saturated rings. The Morgan fingerprint density at radius 2 is 2.64 bits per heavy atom. The second-order valence-corrected chi connectivity index (χ2v) is 4.20. The van der Waals surface area contributed by atoms with Gasteiger partial charge < -0.3 is 5.73 Å². The lowest BCUT2D eigenvalue weighted by Gasteiger charge is -1.88. The van der Waals surface area contributed by atoms with Crippen LogP contribution < -0.4 is 10.8 Å². The molecule has 0 aliphatic heterocycles. The van der Waals surface area contributed by atoms with Crippen LogP contribution >= 0.6 is 23.1 Å². The highest BCUT2D eigenvalue weighted by molar-refractivity contribution is 8.13. The van der Waals surface area contributed by atoms with E-state index in [0.29, 0.717) is 5.17 Å². The van der Waals surface area contributed by atoms with Gasteiger partial charge in [-0.2, -0.15) is 11.3 Å². The van der Waals surface area contributed by atoms with Crippen molar-refractivity contribution >= 4 is 34.5 Å². The quantitative estimate of drug-likeness (QED) is 0.338. The molecule has 0 radical (unpaired) electrons. The van der Waals surface area contributed by atoms with Gasteiger partial charge in [-0.3, -0.25) is 0 Å². The molecule has 0 saturated carbocycles. The molecule has 3 N–H and O–H groups in total. The monoisotopic (exact) mass is 226 g/mol. The van der Waals surface area contributed by atoms with Crippen LogP contribution in [0.25, 0.3) is 0 Å². The molecular weight excluding hydrogens is 214 g/mol. The summed E-state index contributed by atoms with van der Waals surface area (Å²) in [4.78, 5) is 0. The zero-order chi connectivity index (χ0) is 10.2. The van der Waals surface area contributed by atoms with Crippen LogP contribution in [0, 0.1) is 0 Å². The van der Waals surface area contributed by atoms with Gasteiger partial charge in [-0.1, -0.05) is 17.8 Å². The highest BCUT2D eigenvalue weighted by Crippen LogP contribution is 2.00. The summed E-state index contributed by atoms with van der Waals surface area (Å²) < 4.78 is 0. The SMILES string of the molecule is C=CCSC(N)=N[NH+]=Cc1ccsc1. The van der Waals surface area contributed by atoms with Gasteiger partial charge in [0.1, 0.15) is 0 Å². The first-order valence-corrected chi connectivity index (χ1v) is 5.93. The van der Waals surface area contributed by atoms with Gasteiger partial charge in [-0.15, -0.1) is 11.7 Å². The second-order valence-electron chi connectivity index (χ2n) is 2.38. The molecule has 0 aliphatic rings. The van der Waals surface area contributed by atoms with Crippen molar-refractivity contribution in [3.63, 3.8) is 0 Å². The summed E-state index contributed by atoms with van der Waals surface area (Å²) in [5.74, 6) is 0.773. The molecule has 74 valence electrons. The molecule has 3 nitrogen and oxygen atoms in total. The summed E-state index contributed by atoms with van der Waals surface area (Å²) in [6.45, 7) is 3.60. The summed E-state index contributed by atoms with van der Waals surface area (Å²) in [6, 6.07) is 2.00. The maximum absolute atomic E-state index is 5.58. The largest absolute Gasteiger partial charge is 0.373 e. The average Bonchev–Trinajstić information content (AvgIpc) is 2.67. The smallest absolute Gasteiger partial charge is 0.226 e. The Bertz CT molecular complexity index is 328. The number of rotatable bonds is 4. The topological polar surface area (TPSA) is 52.3 Å². The highest BCUT2D eigenvalue weighted by Gasteiger charge is 1.93. The fourth-order valence-corrected chi connectivity index (χ4v) is 1.73. The molecule has 14 heavy (non-hydrogen) atoms. The van der Waals surface area contributed by atoms with Crippen LogP contribution in [0.3, 0.4) is 0 Å². The molecule has 0 amide bonds. The summed E-state index contributed by atoms with van der Waals surface area (Å²) >= 11 is 3.09. The highest BCUT2D eigenvalue weighted by atomic mass is 32.2. The third kappa shape index (κ3) is 4.25. The van der Waals surface area contributed by atoms with E-state index in [2.05, 4.69) is 16.8 Å². The summed E-state index contributed by atoms with van der Waals surface area (Å²) in [7, 11) is 0. The Morgan fingerprint density at radius 1 is 1.79 bits per heavy atom. The lowest BCUT2D eigenvalue weighted by Crippen LogP contribution is -2.62. The molecule has 1 aromatic rings. The van der Waals surface area contributed by atoms with Gasteiger partial charge in [0.05, 0.1) is 5.56 Å². The van der Waals surface area contributed by atoms with Crippen molar-refractivity contribution in [2.75, 3.05) is 5.75 Å². The first kappa shape index (κ1) is 11.0. The third-order valence-corrected chi connectivity index (χ3v) is 2.79. The van der Waals surface area contributed by atoms with E-state index >= 15 is 0 Å². The Balaban J connectivity index is 2.41. The predicted molar refractivity (Wildman–Crippen MR) is 64.7 cm³/mol. The lowest BCUT2D eigenvalue weighted by molar-refractivity contribution is -0.456. The Morgan fingerprint density at radius 3 is 3.29 bits per heavy atom. The van der Waals surface area contributed by atoms with Gasteiger partial charge in [-0.25, -0.2) is 0 Å². The molecule has 0 aromatic carbocycles. The molecule has 1 heterocycles. The zero-order valence-corrected chi connectivity index (χ0v) is 9.28. The van der Waals surface area contributed by atoms with E-state index in [-0.39, 0.29) is 0 Å². The van der Waals surface area contributed by atoms with Crippen molar-refractivity contribution in [2.45, 2.75) is 0 Å². The normalized spacial score (nSPS) is 12.1. The van der Waals surface area contributed by atoms with E-state index in [1.807, 2.05) is 16.8 Å². The Labute approximate surface area is 91.4 Å². The Kier molecular flexibility index (Phi) is 5.03. The summed E-state index contributed by atoms with van der Waals surface area (Å²) in [5.41, 5.74) is 6.68. The maximum atomic E-state index is 5.58. The van der Waals surface area contributed by atoms with E-state index < -0.39 is 0 Å². The first-order valence-electron chi connectivity index (χ1n) is 4.00. The number of hydrogen-bond donors (Lipinski definition) is 2. The zero-order valence-electron chi connectivity index (χ0n) is 7.64. The molecule has 0 aliphatic carbocycles. The standard InChI is InChI=1S/C9H11N3S2/c1-2-4-14-9(10)12-11-6-8-3-5-13-7-8/h2-3,5-7H,1,4H2,(H2,10,12)/p+1. The van der Waals surface area contributed by atoms with Crippen molar-refractivity contribution in [3.05, 3.63) is 35.0 Å². The van der Waals surface area contributed by atoms with Gasteiger partial charge in [0.15, 0.2) is 0 Å². The third-order valence-electron chi connectivity index (χ3n) is 1.30. The van der Waals surface area contributed by atoms with Gasteiger partial charge in [0, 0.05) is 16.2 Å². The second kappa shape index (κ2) is 6.39. The Hall–Kier alpha value is -1.07. The van der Waals surface area contributed by atoms with Crippen molar-refractivity contribution in [1.29, 1.82) is 0 Å². The number of thiophene rings is 1. The number of nitrogens with two attached hydrogens (primary N) is 1. The number of amidine groups is 1. The molecule has 1 rings (SSSR count). The molecule has 0 unspecified atom stereocenters.